The second kappa shape index (κ2) is 4.97. The maximum Gasteiger partial charge on any atom is 0.328 e. The van der Waals surface area contributed by atoms with Gasteiger partial charge < -0.3 is 5.11 Å². The molecule has 1 heterocycles. The lowest BCUT2D eigenvalue weighted by molar-refractivity contribution is -0.131. The molecule has 7 heteroatoms. The Morgan fingerprint density at radius 3 is 2.89 bits per heavy atom. The van der Waals surface area contributed by atoms with Crippen LogP contribution in [0.1, 0.15) is 12.5 Å². The highest BCUT2D eigenvalue weighted by Crippen LogP contribution is 2.25. The third kappa shape index (κ3) is 2.54. The van der Waals surface area contributed by atoms with Crippen LogP contribution in [0.2, 0.25) is 5.02 Å². The highest BCUT2D eigenvalue weighted by Gasteiger charge is 2.09. The summed E-state index contributed by atoms with van der Waals surface area (Å²) < 4.78 is 1.45. The molecular weight excluding hydrogens is 256 g/mol. The molecule has 1 aromatic heterocycles. The van der Waals surface area contributed by atoms with E-state index in [2.05, 4.69) is 15.5 Å². The van der Waals surface area contributed by atoms with Crippen molar-refractivity contribution in [1.82, 2.24) is 20.2 Å². The molecule has 1 aromatic carbocycles. The second-order valence-electron chi connectivity index (χ2n) is 3.58. The molecule has 92 valence electrons. The van der Waals surface area contributed by atoms with Gasteiger partial charge in [-0.05, 0) is 41.1 Å². The molecule has 0 saturated heterocycles. The standard InChI is InChI=1S/C11H9ClN4O2/c1-7(4-11(17)18)9-5-8(12)2-3-10(9)16-6-13-14-15-16/h2-6H,1H3,(H,17,18)/b7-4-. The topological polar surface area (TPSA) is 80.9 Å². The third-order valence-electron chi connectivity index (χ3n) is 2.32. The van der Waals surface area contributed by atoms with E-state index >= 15 is 0 Å². The normalized spacial score (nSPS) is 11.6. The Balaban J connectivity index is 2.58. The Morgan fingerprint density at radius 1 is 1.50 bits per heavy atom. The van der Waals surface area contributed by atoms with Crippen LogP contribution < -0.4 is 0 Å². The molecule has 0 aliphatic heterocycles. The summed E-state index contributed by atoms with van der Waals surface area (Å²) in [6.07, 6.45) is 2.54. The van der Waals surface area contributed by atoms with Gasteiger partial charge >= 0.3 is 5.97 Å². The first-order chi connectivity index (χ1) is 8.58. The number of aliphatic carboxylic acids is 1. The largest absolute Gasteiger partial charge is 0.478 e. The van der Waals surface area contributed by atoms with Crippen molar-refractivity contribution in [3.8, 4) is 5.69 Å². The molecule has 0 aliphatic carbocycles. The number of allylic oxidation sites excluding steroid dienone is 1. The molecule has 2 rings (SSSR count). The van der Waals surface area contributed by atoms with Crippen molar-refractivity contribution in [2.24, 2.45) is 0 Å². The molecule has 6 nitrogen and oxygen atoms in total. The Labute approximate surface area is 108 Å². The number of hydrogen-bond acceptors (Lipinski definition) is 4. The van der Waals surface area contributed by atoms with E-state index in [9.17, 15) is 4.79 Å². The Hall–Kier alpha value is -2.21. The fraction of sp³-hybridized carbons (Fsp3) is 0.0909. The number of hydrogen-bond donors (Lipinski definition) is 1. The summed E-state index contributed by atoms with van der Waals surface area (Å²) in [5.41, 5.74) is 1.90. The van der Waals surface area contributed by atoms with Gasteiger partial charge in [0.05, 0.1) is 5.69 Å². The first kappa shape index (κ1) is 12.3. The van der Waals surface area contributed by atoms with Gasteiger partial charge in [-0.15, -0.1) is 5.10 Å². The lowest BCUT2D eigenvalue weighted by Crippen LogP contribution is -2.00. The van der Waals surface area contributed by atoms with Gasteiger partial charge in [0.25, 0.3) is 0 Å². The minimum Gasteiger partial charge on any atom is -0.478 e. The van der Waals surface area contributed by atoms with E-state index < -0.39 is 5.97 Å². The van der Waals surface area contributed by atoms with Gasteiger partial charge in [-0.1, -0.05) is 11.6 Å². The molecule has 0 aliphatic rings. The number of nitrogens with zero attached hydrogens (tertiary/aromatic N) is 4. The summed E-state index contributed by atoms with van der Waals surface area (Å²) in [5.74, 6) is -1.02. The van der Waals surface area contributed by atoms with Gasteiger partial charge in [0.1, 0.15) is 6.33 Å². The average Bonchev–Trinajstić information content (AvgIpc) is 2.81. The summed E-state index contributed by atoms with van der Waals surface area (Å²) in [6.45, 7) is 1.69. The SMILES string of the molecule is C/C(=C/C(=O)O)c1cc(Cl)ccc1-n1cnnn1. The zero-order valence-corrected chi connectivity index (χ0v) is 10.2. The number of carbonyl (C=O) groups is 1. The summed E-state index contributed by atoms with van der Waals surface area (Å²) in [4.78, 5) is 10.7. The van der Waals surface area contributed by atoms with Crippen LogP contribution in [0, 0.1) is 0 Å². The molecule has 0 atom stereocenters. The first-order valence-corrected chi connectivity index (χ1v) is 5.40. The van der Waals surface area contributed by atoms with Crippen LogP contribution in [0.4, 0.5) is 0 Å². The quantitative estimate of drug-likeness (QED) is 0.855. The van der Waals surface area contributed by atoms with Crippen LogP contribution in [0.25, 0.3) is 11.3 Å². The van der Waals surface area contributed by atoms with E-state index in [4.69, 9.17) is 16.7 Å². The molecule has 0 spiro atoms. The highest BCUT2D eigenvalue weighted by molar-refractivity contribution is 6.30. The van der Waals surface area contributed by atoms with Crippen LogP contribution in [0.5, 0.6) is 0 Å². The minimum atomic E-state index is -1.02. The molecular formula is C11H9ClN4O2. The zero-order chi connectivity index (χ0) is 13.1. The minimum absolute atomic E-state index is 0.514. The monoisotopic (exact) mass is 264 g/mol. The summed E-state index contributed by atoms with van der Waals surface area (Å²) in [7, 11) is 0. The number of rotatable bonds is 3. The van der Waals surface area contributed by atoms with Crippen molar-refractivity contribution in [3.05, 3.63) is 41.2 Å². The van der Waals surface area contributed by atoms with E-state index in [-0.39, 0.29) is 0 Å². The Morgan fingerprint density at radius 2 is 2.28 bits per heavy atom. The van der Waals surface area contributed by atoms with Gasteiger partial charge in [0.2, 0.25) is 0 Å². The van der Waals surface area contributed by atoms with Crippen LogP contribution in [-0.4, -0.2) is 31.3 Å². The van der Waals surface area contributed by atoms with Crippen molar-refractivity contribution >= 4 is 23.1 Å². The number of tetrazole rings is 1. The number of aromatic nitrogens is 4. The number of carboxylic acid groups (broad SMARTS) is 1. The van der Waals surface area contributed by atoms with Gasteiger partial charge in [0, 0.05) is 16.7 Å². The average molecular weight is 265 g/mol. The van der Waals surface area contributed by atoms with Crippen molar-refractivity contribution in [1.29, 1.82) is 0 Å². The molecule has 0 amide bonds. The maximum atomic E-state index is 10.7. The molecule has 0 saturated carbocycles. The molecule has 0 radical (unpaired) electrons. The van der Waals surface area contributed by atoms with Crippen molar-refractivity contribution in [2.45, 2.75) is 6.92 Å². The van der Waals surface area contributed by atoms with Crippen LogP contribution in [0.15, 0.2) is 30.6 Å². The molecule has 0 bridgehead atoms. The summed E-state index contributed by atoms with van der Waals surface area (Å²) in [6, 6.07) is 5.09. The predicted molar refractivity (Wildman–Crippen MR) is 65.5 cm³/mol. The summed E-state index contributed by atoms with van der Waals surface area (Å²) >= 11 is 5.92. The Bertz CT molecular complexity index is 608. The Kier molecular flexibility index (Phi) is 3.38. The number of benzene rings is 1. The zero-order valence-electron chi connectivity index (χ0n) is 9.41. The highest BCUT2D eigenvalue weighted by atomic mass is 35.5. The molecule has 2 aromatic rings. The molecule has 1 N–H and O–H groups in total. The smallest absolute Gasteiger partial charge is 0.328 e. The lowest BCUT2D eigenvalue weighted by Gasteiger charge is -2.09. The lowest BCUT2D eigenvalue weighted by atomic mass is 10.0. The van der Waals surface area contributed by atoms with Gasteiger partial charge in [-0.3, -0.25) is 0 Å². The van der Waals surface area contributed by atoms with E-state index in [0.717, 1.165) is 6.08 Å². The molecule has 18 heavy (non-hydrogen) atoms. The molecule has 0 fully saturated rings. The van der Waals surface area contributed by atoms with E-state index in [0.29, 0.717) is 21.8 Å². The number of carboxylic acids is 1. The van der Waals surface area contributed by atoms with Crippen LogP contribution in [0.3, 0.4) is 0 Å². The van der Waals surface area contributed by atoms with Crippen LogP contribution >= 0.6 is 11.6 Å². The fourth-order valence-electron chi connectivity index (χ4n) is 1.56. The summed E-state index contributed by atoms with van der Waals surface area (Å²) in [5, 5.41) is 20.2. The van der Waals surface area contributed by atoms with Crippen molar-refractivity contribution < 1.29 is 9.90 Å². The molecule has 0 unspecified atom stereocenters. The van der Waals surface area contributed by atoms with Crippen molar-refractivity contribution in [2.75, 3.05) is 0 Å². The predicted octanol–water partition coefficient (Wildman–Crippen LogP) is 1.80. The van der Waals surface area contributed by atoms with Gasteiger partial charge in [-0.25, -0.2) is 4.79 Å². The van der Waals surface area contributed by atoms with Crippen molar-refractivity contribution in [3.63, 3.8) is 0 Å². The second-order valence-corrected chi connectivity index (χ2v) is 4.02. The first-order valence-electron chi connectivity index (χ1n) is 5.02. The van der Waals surface area contributed by atoms with Gasteiger partial charge in [-0.2, -0.15) is 4.68 Å². The maximum absolute atomic E-state index is 10.7. The van der Waals surface area contributed by atoms with E-state index in [1.807, 2.05) is 0 Å². The van der Waals surface area contributed by atoms with Gasteiger partial charge in [0.15, 0.2) is 0 Å². The van der Waals surface area contributed by atoms with E-state index in [1.54, 1.807) is 25.1 Å². The number of halogens is 1. The van der Waals surface area contributed by atoms with E-state index in [1.165, 1.54) is 11.0 Å². The van der Waals surface area contributed by atoms with Crippen LogP contribution in [-0.2, 0) is 4.79 Å². The fourth-order valence-corrected chi connectivity index (χ4v) is 1.73. The third-order valence-corrected chi connectivity index (χ3v) is 2.55.